The molecule has 5 nitrogen and oxygen atoms in total. The largest absolute Gasteiger partial charge is 0.356 e. The first-order valence-electron chi connectivity index (χ1n) is 8.60. The molecule has 1 aliphatic heterocycles. The summed E-state index contributed by atoms with van der Waals surface area (Å²) < 4.78 is 0. The van der Waals surface area contributed by atoms with E-state index in [9.17, 15) is 9.59 Å². The van der Waals surface area contributed by atoms with Crippen molar-refractivity contribution in [1.29, 1.82) is 0 Å². The average Bonchev–Trinajstić information content (AvgIpc) is 3.02. The van der Waals surface area contributed by atoms with Crippen LogP contribution in [0.4, 0.5) is 0 Å². The van der Waals surface area contributed by atoms with Gasteiger partial charge in [0.15, 0.2) is 5.78 Å². The van der Waals surface area contributed by atoms with Gasteiger partial charge in [-0.2, -0.15) is 0 Å². The molecule has 0 unspecified atom stereocenters. The maximum atomic E-state index is 12.8. The lowest BCUT2D eigenvalue weighted by atomic mass is 9.93. The van der Waals surface area contributed by atoms with Gasteiger partial charge in [0.05, 0.1) is 18.8 Å². The third-order valence-corrected chi connectivity index (χ3v) is 4.78. The summed E-state index contributed by atoms with van der Waals surface area (Å²) in [6, 6.07) is 14.0. The predicted molar refractivity (Wildman–Crippen MR) is 98.7 cm³/mol. The van der Waals surface area contributed by atoms with Gasteiger partial charge in [-0.25, -0.2) is 0 Å². The first-order chi connectivity index (χ1) is 12.6. The van der Waals surface area contributed by atoms with E-state index in [1.54, 1.807) is 17.3 Å². The summed E-state index contributed by atoms with van der Waals surface area (Å²) >= 11 is 0. The van der Waals surface area contributed by atoms with Gasteiger partial charge in [0, 0.05) is 42.6 Å². The molecule has 4 rings (SSSR count). The van der Waals surface area contributed by atoms with Gasteiger partial charge >= 0.3 is 0 Å². The number of benzene rings is 1. The molecule has 5 heteroatoms. The number of aromatic nitrogens is 2. The van der Waals surface area contributed by atoms with Crippen LogP contribution in [0.25, 0.3) is 11.3 Å². The number of carbonyl (C=O) groups excluding carboxylic acids is 2. The number of hydrogen-bond acceptors (Lipinski definition) is 3. The Labute approximate surface area is 151 Å². The molecule has 0 aliphatic carbocycles. The van der Waals surface area contributed by atoms with Crippen LogP contribution in [0.2, 0.25) is 0 Å². The summed E-state index contributed by atoms with van der Waals surface area (Å²) in [7, 11) is 0. The number of Topliss-reactive ketones (excluding diaryl/α,β-unsaturated/α-hetero) is 1. The molecule has 1 aliphatic rings. The molecule has 0 saturated heterocycles. The molecule has 0 spiro atoms. The highest BCUT2D eigenvalue weighted by Crippen LogP contribution is 2.33. The van der Waals surface area contributed by atoms with Gasteiger partial charge in [-0.05, 0) is 23.3 Å². The van der Waals surface area contributed by atoms with E-state index in [2.05, 4.69) is 22.1 Å². The molecule has 0 fully saturated rings. The van der Waals surface area contributed by atoms with Gasteiger partial charge < -0.3 is 9.88 Å². The molecule has 130 valence electrons. The van der Waals surface area contributed by atoms with E-state index >= 15 is 0 Å². The van der Waals surface area contributed by atoms with Gasteiger partial charge in [-0.15, -0.1) is 0 Å². The van der Waals surface area contributed by atoms with E-state index in [0.29, 0.717) is 13.0 Å². The highest BCUT2D eigenvalue weighted by atomic mass is 16.2. The standard InChI is InChI=1S/C21H19N3O2/c1-14(25)24-12-18-20(19(26)13-24)17(11-15-5-3-2-4-6-15)21(23-18)16-7-9-22-10-8-16/h2-10,23H,11-13H2,1H3. The van der Waals surface area contributed by atoms with Crippen molar-refractivity contribution >= 4 is 11.7 Å². The van der Waals surface area contributed by atoms with Crippen LogP contribution in [0.3, 0.4) is 0 Å². The fourth-order valence-corrected chi connectivity index (χ4v) is 3.51. The average molecular weight is 345 g/mol. The lowest BCUT2D eigenvalue weighted by Gasteiger charge is -2.25. The maximum Gasteiger partial charge on any atom is 0.220 e. The van der Waals surface area contributed by atoms with E-state index in [1.807, 2.05) is 30.3 Å². The molecular weight excluding hydrogens is 326 g/mol. The zero-order valence-corrected chi connectivity index (χ0v) is 14.5. The number of nitrogens with one attached hydrogen (secondary N) is 1. The van der Waals surface area contributed by atoms with Crippen LogP contribution in [0.5, 0.6) is 0 Å². The smallest absolute Gasteiger partial charge is 0.220 e. The number of H-pyrrole nitrogens is 1. The number of rotatable bonds is 3. The van der Waals surface area contributed by atoms with Crippen molar-refractivity contribution in [2.75, 3.05) is 6.54 Å². The molecule has 0 atom stereocenters. The minimum atomic E-state index is -0.0892. The molecule has 1 amide bonds. The number of nitrogens with zero attached hydrogens (tertiary/aromatic N) is 2. The number of aromatic amines is 1. The highest BCUT2D eigenvalue weighted by molar-refractivity contribution is 6.04. The second kappa shape index (κ2) is 6.59. The van der Waals surface area contributed by atoms with Gasteiger partial charge in [0.25, 0.3) is 0 Å². The summed E-state index contributed by atoms with van der Waals surface area (Å²) in [5.74, 6) is -0.0994. The molecule has 0 bridgehead atoms. The zero-order valence-electron chi connectivity index (χ0n) is 14.5. The number of ketones is 1. The Hall–Kier alpha value is -3.21. The van der Waals surface area contributed by atoms with Crippen LogP contribution < -0.4 is 0 Å². The fourth-order valence-electron chi connectivity index (χ4n) is 3.51. The molecule has 26 heavy (non-hydrogen) atoms. The normalized spacial score (nSPS) is 13.6. The van der Waals surface area contributed by atoms with Crippen molar-refractivity contribution in [2.45, 2.75) is 19.9 Å². The SMILES string of the molecule is CC(=O)N1CC(=O)c2c([nH]c(-c3ccncc3)c2Cc2ccccc2)C1. The minimum Gasteiger partial charge on any atom is -0.356 e. The van der Waals surface area contributed by atoms with Gasteiger partial charge in [0.1, 0.15) is 0 Å². The first-order valence-corrected chi connectivity index (χ1v) is 8.60. The Morgan fingerprint density at radius 1 is 1.12 bits per heavy atom. The molecule has 1 aromatic carbocycles. The van der Waals surface area contributed by atoms with E-state index < -0.39 is 0 Å². The van der Waals surface area contributed by atoms with Crippen LogP contribution in [-0.2, 0) is 17.8 Å². The molecule has 1 N–H and O–H groups in total. The molecule has 0 radical (unpaired) electrons. The summed E-state index contributed by atoms with van der Waals surface area (Å²) in [5, 5.41) is 0. The van der Waals surface area contributed by atoms with Crippen LogP contribution in [0, 0.1) is 0 Å². The number of amides is 1. The van der Waals surface area contributed by atoms with E-state index in [1.165, 1.54) is 6.92 Å². The second-order valence-electron chi connectivity index (χ2n) is 6.53. The Morgan fingerprint density at radius 2 is 1.85 bits per heavy atom. The van der Waals surface area contributed by atoms with Crippen LogP contribution >= 0.6 is 0 Å². The lowest BCUT2D eigenvalue weighted by molar-refractivity contribution is -0.129. The Balaban J connectivity index is 1.85. The molecule has 2 aromatic heterocycles. The van der Waals surface area contributed by atoms with Crippen LogP contribution in [0.1, 0.15) is 34.1 Å². The van der Waals surface area contributed by atoms with Crippen molar-refractivity contribution < 1.29 is 9.59 Å². The summed E-state index contributed by atoms with van der Waals surface area (Å²) in [6.07, 6.45) is 4.15. The number of pyridine rings is 1. The Kier molecular flexibility index (Phi) is 4.13. The molecule has 0 saturated carbocycles. The first kappa shape index (κ1) is 16.3. The van der Waals surface area contributed by atoms with E-state index in [-0.39, 0.29) is 18.2 Å². The monoisotopic (exact) mass is 345 g/mol. The highest BCUT2D eigenvalue weighted by Gasteiger charge is 2.31. The Bertz CT molecular complexity index is 962. The Morgan fingerprint density at radius 3 is 2.54 bits per heavy atom. The fraction of sp³-hybridized carbons (Fsp3) is 0.190. The number of carbonyl (C=O) groups is 2. The predicted octanol–water partition coefficient (Wildman–Crippen LogP) is 3.21. The molecular formula is C21H19N3O2. The van der Waals surface area contributed by atoms with Gasteiger partial charge in [0.2, 0.25) is 5.91 Å². The third-order valence-electron chi connectivity index (χ3n) is 4.78. The number of hydrogen-bond donors (Lipinski definition) is 1. The molecule has 3 aromatic rings. The van der Waals surface area contributed by atoms with Crippen molar-refractivity contribution in [3.63, 3.8) is 0 Å². The van der Waals surface area contributed by atoms with Crippen molar-refractivity contribution in [3.8, 4) is 11.3 Å². The summed E-state index contributed by atoms with van der Waals surface area (Å²) in [5.41, 5.74) is 5.60. The van der Waals surface area contributed by atoms with Crippen molar-refractivity contribution in [3.05, 3.63) is 77.2 Å². The maximum absolute atomic E-state index is 12.8. The van der Waals surface area contributed by atoms with Gasteiger partial charge in [-0.1, -0.05) is 30.3 Å². The molecule has 3 heterocycles. The van der Waals surface area contributed by atoms with Crippen LogP contribution in [-0.4, -0.2) is 33.1 Å². The topological polar surface area (TPSA) is 66.1 Å². The van der Waals surface area contributed by atoms with Crippen LogP contribution in [0.15, 0.2) is 54.9 Å². The third kappa shape index (κ3) is 2.92. The van der Waals surface area contributed by atoms with E-state index in [4.69, 9.17) is 0 Å². The van der Waals surface area contributed by atoms with Gasteiger partial charge in [-0.3, -0.25) is 14.6 Å². The van der Waals surface area contributed by atoms with Crippen molar-refractivity contribution in [1.82, 2.24) is 14.9 Å². The minimum absolute atomic E-state index is 0.0102. The quantitative estimate of drug-likeness (QED) is 0.793. The summed E-state index contributed by atoms with van der Waals surface area (Å²) in [6.45, 7) is 2.07. The van der Waals surface area contributed by atoms with E-state index in [0.717, 1.165) is 33.6 Å². The van der Waals surface area contributed by atoms with Crippen molar-refractivity contribution in [2.24, 2.45) is 0 Å². The number of fused-ring (bicyclic) bond motifs is 1. The second-order valence-corrected chi connectivity index (χ2v) is 6.53. The zero-order chi connectivity index (χ0) is 18.1. The lowest BCUT2D eigenvalue weighted by Crippen LogP contribution is -2.38. The summed E-state index contributed by atoms with van der Waals surface area (Å²) in [4.78, 5) is 33.7.